The quantitative estimate of drug-likeness (QED) is 0.551. The van der Waals surface area contributed by atoms with Crippen molar-refractivity contribution in [3.05, 3.63) is 65.6 Å². The number of hydrogen-bond acceptors (Lipinski definition) is 6. The number of halogens is 1. The Hall–Kier alpha value is -3.07. The van der Waals surface area contributed by atoms with Crippen molar-refractivity contribution >= 4 is 5.91 Å². The lowest BCUT2D eigenvalue weighted by Crippen LogP contribution is -2.50. The van der Waals surface area contributed by atoms with Gasteiger partial charge in [-0.05, 0) is 46.7 Å². The van der Waals surface area contributed by atoms with Gasteiger partial charge in [0.05, 0.1) is 18.8 Å². The number of carbonyl (C=O) groups excluding carboxylic acids is 1. The van der Waals surface area contributed by atoms with Crippen LogP contribution < -0.4 is 0 Å². The highest BCUT2D eigenvalue weighted by Gasteiger charge is 2.31. The molecule has 3 heterocycles. The Morgan fingerprint density at radius 2 is 1.94 bits per heavy atom. The van der Waals surface area contributed by atoms with Gasteiger partial charge in [-0.3, -0.25) is 9.69 Å². The summed E-state index contributed by atoms with van der Waals surface area (Å²) in [5.41, 5.74) is 0.943. The van der Waals surface area contributed by atoms with Gasteiger partial charge in [-0.1, -0.05) is 31.9 Å². The Morgan fingerprint density at radius 3 is 2.61 bits per heavy atom. The maximum absolute atomic E-state index is 13.2. The van der Waals surface area contributed by atoms with E-state index < -0.39 is 0 Å². The lowest BCUT2D eigenvalue weighted by atomic mass is 10.1. The number of unbranched alkanes of at least 4 members (excludes halogenated alkanes) is 1. The predicted molar refractivity (Wildman–Crippen MR) is 112 cm³/mol. The van der Waals surface area contributed by atoms with Crippen molar-refractivity contribution in [1.29, 1.82) is 0 Å². The van der Waals surface area contributed by atoms with Gasteiger partial charge < -0.3 is 9.32 Å². The molecular formula is C22H27FN6O2. The third-order valence-corrected chi connectivity index (χ3v) is 5.71. The number of tetrazole rings is 1. The van der Waals surface area contributed by atoms with Crippen LogP contribution in [0.25, 0.3) is 0 Å². The summed E-state index contributed by atoms with van der Waals surface area (Å²) in [6.45, 7) is 5.39. The monoisotopic (exact) mass is 426 g/mol. The van der Waals surface area contributed by atoms with Crippen LogP contribution in [0, 0.1) is 5.82 Å². The highest BCUT2D eigenvalue weighted by atomic mass is 19.1. The molecule has 1 amide bonds. The highest BCUT2D eigenvalue weighted by Crippen LogP contribution is 2.26. The first kappa shape index (κ1) is 21.2. The average molecular weight is 426 g/mol. The average Bonchev–Trinajstić information content (AvgIpc) is 3.48. The molecular weight excluding hydrogens is 399 g/mol. The van der Waals surface area contributed by atoms with E-state index in [1.807, 2.05) is 4.90 Å². The molecule has 1 aliphatic heterocycles. The van der Waals surface area contributed by atoms with Gasteiger partial charge in [0, 0.05) is 26.2 Å². The second-order valence-corrected chi connectivity index (χ2v) is 7.78. The number of aromatic nitrogens is 4. The molecule has 0 bridgehead atoms. The fourth-order valence-corrected chi connectivity index (χ4v) is 3.99. The van der Waals surface area contributed by atoms with Crippen LogP contribution in [-0.4, -0.2) is 62.1 Å². The summed E-state index contributed by atoms with van der Waals surface area (Å²) in [6, 6.07) is 9.89. The topological polar surface area (TPSA) is 80.3 Å². The molecule has 8 nitrogen and oxygen atoms in total. The molecule has 1 aliphatic rings. The Balaban J connectivity index is 1.46. The van der Waals surface area contributed by atoms with E-state index in [0.717, 1.165) is 43.7 Å². The van der Waals surface area contributed by atoms with E-state index in [1.54, 1.807) is 28.9 Å². The largest absolute Gasteiger partial charge is 0.459 e. The van der Waals surface area contributed by atoms with Crippen molar-refractivity contribution in [2.24, 2.45) is 0 Å². The van der Waals surface area contributed by atoms with Crippen LogP contribution >= 0.6 is 0 Å². The zero-order valence-corrected chi connectivity index (χ0v) is 17.7. The van der Waals surface area contributed by atoms with Crippen LogP contribution in [0.1, 0.15) is 54.2 Å². The summed E-state index contributed by atoms with van der Waals surface area (Å²) >= 11 is 0. The third kappa shape index (κ3) is 4.99. The molecule has 9 heteroatoms. The molecule has 1 atom stereocenters. The normalized spacial score (nSPS) is 15.9. The summed E-state index contributed by atoms with van der Waals surface area (Å²) in [4.78, 5) is 16.8. The first-order chi connectivity index (χ1) is 15.2. The van der Waals surface area contributed by atoms with Gasteiger partial charge in [0.25, 0.3) is 5.91 Å². The molecule has 2 aromatic heterocycles. The van der Waals surface area contributed by atoms with Crippen molar-refractivity contribution in [2.45, 2.75) is 38.8 Å². The van der Waals surface area contributed by atoms with Crippen molar-refractivity contribution in [1.82, 2.24) is 30.0 Å². The van der Waals surface area contributed by atoms with E-state index in [1.165, 1.54) is 18.4 Å². The van der Waals surface area contributed by atoms with Crippen LogP contribution in [0.4, 0.5) is 4.39 Å². The molecule has 0 aliphatic carbocycles. The van der Waals surface area contributed by atoms with E-state index in [4.69, 9.17) is 4.42 Å². The molecule has 0 spiro atoms. The summed E-state index contributed by atoms with van der Waals surface area (Å²) < 4.78 is 20.3. The Kier molecular flexibility index (Phi) is 6.71. The minimum atomic E-state index is -0.261. The summed E-state index contributed by atoms with van der Waals surface area (Å²) in [7, 11) is 0. The molecule has 0 N–H and O–H groups in total. The SMILES string of the molecule is CCCC[C@@H](c1nnnn1Cc1ccc(F)cc1)N1CCN(C(=O)c2ccco2)CC1. The van der Waals surface area contributed by atoms with Crippen molar-refractivity contribution in [3.8, 4) is 0 Å². The van der Waals surface area contributed by atoms with Gasteiger partial charge in [-0.25, -0.2) is 9.07 Å². The first-order valence-corrected chi connectivity index (χ1v) is 10.7. The Labute approximate surface area is 180 Å². The van der Waals surface area contributed by atoms with Crippen LogP contribution in [0.2, 0.25) is 0 Å². The number of amides is 1. The van der Waals surface area contributed by atoms with Gasteiger partial charge >= 0.3 is 0 Å². The van der Waals surface area contributed by atoms with Crippen LogP contribution in [0.3, 0.4) is 0 Å². The van der Waals surface area contributed by atoms with E-state index in [-0.39, 0.29) is 17.8 Å². The minimum absolute atomic E-state index is 0.0660. The summed E-state index contributed by atoms with van der Waals surface area (Å²) in [5, 5.41) is 12.5. The molecule has 1 fully saturated rings. The molecule has 3 aromatic rings. The molecule has 1 aromatic carbocycles. The van der Waals surface area contributed by atoms with Gasteiger partial charge in [-0.2, -0.15) is 0 Å². The first-order valence-electron chi connectivity index (χ1n) is 10.7. The lowest BCUT2D eigenvalue weighted by molar-refractivity contribution is 0.0513. The lowest BCUT2D eigenvalue weighted by Gasteiger charge is -2.38. The number of rotatable bonds is 8. The molecule has 0 radical (unpaired) electrons. The smallest absolute Gasteiger partial charge is 0.289 e. The molecule has 0 saturated carbocycles. The number of hydrogen-bond donors (Lipinski definition) is 0. The van der Waals surface area contributed by atoms with Gasteiger partial charge in [0.2, 0.25) is 0 Å². The number of benzene rings is 1. The zero-order valence-electron chi connectivity index (χ0n) is 17.7. The molecule has 164 valence electrons. The number of carbonyl (C=O) groups is 1. The van der Waals surface area contributed by atoms with Crippen LogP contribution in [0.5, 0.6) is 0 Å². The summed E-state index contributed by atoms with van der Waals surface area (Å²) in [6.07, 6.45) is 4.59. The number of piperazine rings is 1. The van der Waals surface area contributed by atoms with Crippen LogP contribution in [0.15, 0.2) is 47.1 Å². The molecule has 0 unspecified atom stereocenters. The van der Waals surface area contributed by atoms with Crippen molar-refractivity contribution in [2.75, 3.05) is 26.2 Å². The van der Waals surface area contributed by atoms with Crippen LogP contribution in [-0.2, 0) is 6.54 Å². The Bertz CT molecular complexity index is 964. The van der Waals surface area contributed by atoms with Gasteiger partial charge in [0.15, 0.2) is 11.6 Å². The van der Waals surface area contributed by atoms with Crippen molar-refractivity contribution in [3.63, 3.8) is 0 Å². The van der Waals surface area contributed by atoms with E-state index in [9.17, 15) is 9.18 Å². The number of nitrogens with zero attached hydrogens (tertiary/aromatic N) is 6. The number of furan rings is 1. The third-order valence-electron chi connectivity index (χ3n) is 5.71. The van der Waals surface area contributed by atoms with Crippen molar-refractivity contribution < 1.29 is 13.6 Å². The minimum Gasteiger partial charge on any atom is -0.459 e. The molecule has 31 heavy (non-hydrogen) atoms. The Morgan fingerprint density at radius 1 is 1.16 bits per heavy atom. The second kappa shape index (κ2) is 9.82. The summed E-state index contributed by atoms with van der Waals surface area (Å²) in [5.74, 6) is 0.849. The van der Waals surface area contributed by atoms with Gasteiger partial charge in [-0.15, -0.1) is 5.10 Å². The fourth-order valence-electron chi connectivity index (χ4n) is 3.99. The molecule has 4 rings (SSSR count). The fraction of sp³-hybridized carbons (Fsp3) is 0.455. The van der Waals surface area contributed by atoms with E-state index in [2.05, 4.69) is 27.3 Å². The van der Waals surface area contributed by atoms with E-state index in [0.29, 0.717) is 25.4 Å². The maximum atomic E-state index is 13.2. The molecule has 1 saturated heterocycles. The van der Waals surface area contributed by atoms with E-state index >= 15 is 0 Å². The maximum Gasteiger partial charge on any atom is 0.289 e. The predicted octanol–water partition coefficient (Wildman–Crippen LogP) is 3.14. The second-order valence-electron chi connectivity index (χ2n) is 7.78. The highest BCUT2D eigenvalue weighted by molar-refractivity contribution is 5.91. The van der Waals surface area contributed by atoms with Gasteiger partial charge in [0.1, 0.15) is 5.82 Å². The zero-order chi connectivity index (χ0) is 21.6. The standard InChI is InChI=1S/C22H27FN6O2/c1-2-3-5-19(21-24-25-26-29(21)16-17-7-9-18(23)10-8-17)27-11-13-28(14-12-27)22(30)20-6-4-15-31-20/h4,6-10,15,19H,2-3,5,11-14,16H2,1H3/t19-/m0/s1.